The van der Waals surface area contributed by atoms with E-state index in [1.807, 2.05) is 48.7 Å². The zero-order chi connectivity index (χ0) is 25.1. The second-order valence-corrected chi connectivity index (χ2v) is 10.4. The van der Waals surface area contributed by atoms with E-state index in [4.69, 9.17) is 15.0 Å². The van der Waals surface area contributed by atoms with Crippen molar-refractivity contribution in [3.63, 3.8) is 0 Å². The van der Waals surface area contributed by atoms with Crippen LogP contribution in [0.2, 0.25) is 0 Å². The minimum Gasteiger partial charge on any atom is -0.276 e. The first-order valence-corrected chi connectivity index (χ1v) is 13.4. The highest BCUT2D eigenvalue weighted by Gasteiger charge is 2.22. The summed E-state index contributed by atoms with van der Waals surface area (Å²) >= 11 is 1.80. The highest BCUT2D eigenvalue weighted by Crippen LogP contribution is 2.43. The molecule has 8 aromatic rings. The van der Waals surface area contributed by atoms with Gasteiger partial charge in [-0.2, -0.15) is 0 Å². The first kappa shape index (κ1) is 21.2. The Kier molecular flexibility index (Phi) is 4.66. The van der Waals surface area contributed by atoms with E-state index in [0.717, 1.165) is 49.8 Å². The van der Waals surface area contributed by atoms with E-state index in [9.17, 15) is 0 Å². The van der Waals surface area contributed by atoms with Gasteiger partial charge in [-0.1, -0.05) is 97.1 Å². The smallest absolute Gasteiger partial charge is 0.235 e. The number of aromatic nitrogens is 4. The molecule has 0 bridgehead atoms. The maximum atomic E-state index is 5.20. The van der Waals surface area contributed by atoms with Gasteiger partial charge in [0, 0.05) is 38.2 Å². The third-order valence-corrected chi connectivity index (χ3v) is 8.25. The van der Waals surface area contributed by atoms with Gasteiger partial charge in [0.1, 0.15) is 0 Å². The molecule has 0 saturated carbocycles. The summed E-state index contributed by atoms with van der Waals surface area (Å²) in [5.41, 5.74) is 7.07. The molecule has 4 nitrogen and oxygen atoms in total. The van der Waals surface area contributed by atoms with Crippen LogP contribution < -0.4 is 0 Å². The predicted molar refractivity (Wildman–Crippen MR) is 158 cm³/mol. The summed E-state index contributed by atoms with van der Waals surface area (Å²) < 4.78 is 4.70. The molecule has 0 N–H and O–H groups in total. The van der Waals surface area contributed by atoms with Crippen molar-refractivity contribution < 1.29 is 0 Å². The van der Waals surface area contributed by atoms with Crippen molar-refractivity contribution >= 4 is 53.4 Å². The van der Waals surface area contributed by atoms with Crippen molar-refractivity contribution in [2.45, 2.75) is 0 Å². The SMILES string of the molecule is c1ccc(-c2cc(-c3ccccc3)nc(-n3c4c5ccccc5ncc4c4sc5ccccc5c43)n2)cc1. The van der Waals surface area contributed by atoms with Gasteiger partial charge in [-0.15, -0.1) is 11.3 Å². The fourth-order valence-corrected chi connectivity index (χ4v) is 6.53. The minimum atomic E-state index is 0.658. The Morgan fingerprint density at radius 2 is 1.16 bits per heavy atom. The fourth-order valence-electron chi connectivity index (χ4n) is 5.33. The van der Waals surface area contributed by atoms with Crippen molar-refractivity contribution in [1.82, 2.24) is 19.5 Å². The second kappa shape index (κ2) is 8.33. The topological polar surface area (TPSA) is 43.6 Å². The second-order valence-electron chi connectivity index (χ2n) is 9.32. The van der Waals surface area contributed by atoms with Gasteiger partial charge < -0.3 is 0 Å². The predicted octanol–water partition coefficient (Wildman–Crippen LogP) is 8.67. The number of nitrogens with zero attached hydrogens (tertiary/aromatic N) is 4. The number of thiophene rings is 1. The molecule has 4 aromatic carbocycles. The number of pyridine rings is 1. The average molecular weight is 505 g/mol. The lowest BCUT2D eigenvalue weighted by atomic mass is 10.1. The van der Waals surface area contributed by atoms with Crippen LogP contribution in [0, 0.1) is 0 Å². The van der Waals surface area contributed by atoms with Gasteiger partial charge in [-0.05, 0) is 18.2 Å². The molecule has 4 aromatic heterocycles. The summed E-state index contributed by atoms with van der Waals surface area (Å²) in [6, 6.07) is 39.6. The molecular weight excluding hydrogens is 484 g/mol. The van der Waals surface area contributed by atoms with Gasteiger partial charge in [0.05, 0.1) is 32.6 Å². The molecule has 0 fully saturated rings. The average Bonchev–Trinajstić information content (AvgIpc) is 3.53. The molecule has 0 aliphatic heterocycles. The van der Waals surface area contributed by atoms with Gasteiger partial charge in [-0.25, -0.2) is 9.97 Å². The maximum absolute atomic E-state index is 5.20. The van der Waals surface area contributed by atoms with E-state index in [-0.39, 0.29) is 0 Å². The largest absolute Gasteiger partial charge is 0.276 e. The van der Waals surface area contributed by atoms with Crippen molar-refractivity contribution in [2.75, 3.05) is 0 Å². The molecule has 178 valence electrons. The first-order chi connectivity index (χ1) is 18.8. The lowest BCUT2D eigenvalue weighted by molar-refractivity contribution is 1.00. The molecule has 0 amide bonds. The zero-order valence-electron chi connectivity index (χ0n) is 20.2. The lowest BCUT2D eigenvalue weighted by Crippen LogP contribution is -2.04. The number of hydrogen-bond acceptors (Lipinski definition) is 4. The summed E-state index contributed by atoms with van der Waals surface area (Å²) in [7, 11) is 0. The van der Waals surface area contributed by atoms with Crippen LogP contribution in [0.15, 0.2) is 121 Å². The third-order valence-electron chi connectivity index (χ3n) is 7.06. The fraction of sp³-hybridized carbons (Fsp3) is 0. The molecule has 0 saturated heterocycles. The Balaban J connectivity index is 1.56. The van der Waals surface area contributed by atoms with Crippen molar-refractivity contribution in [3.05, 3.63) is 121 Å². The van der Waals surface area contributed by atoms with Gasteiger partial charge in [-0.3, -0.25) is 9.55 Å². The molecule has 0 atom stereocenters. The van der Waals surface area contributed by atoms with Crippen LogP contribution in [0.25, 0.3) is 70.6 Å². The number of benzene rings is 4. The van der Waals surface area contributed by atoms with Crippen LogP contribution in [0.4, 0.5) is 0 Å². The molecule has 0 unspecified atom stereocenters. The van der Waals surface area contributed by atoms with Gasteiger partial charge >= 0.3 is 0 Å². The monoisotopic (exact) mass is 504 g/mol. The summed E-state index contributed by atoms with van der Waals surface area (Å²) in [6.45, 7) is 0. The molecule has 5 heteroatoms. The Labute approximate surface area is 222 Å². The Bertz CT molecular complexity index is 2060. The normalized spacial score (nSPS) is 11.7. The summed E-state index contributed by atoms with van der Waals surface area (Å²) in [5, 5.41) is 3.41. The Morgan fingerprint density at radius 1 is 0.553 bits per heavy atom. The molecule has 0 spiro atoms. The van der Waals surface area contributed by atoms with E-state index in [2.05, 4.69) is 77.4 Å². The number of para-hydroxylation sites is 1. The lowest BCUT2D eigenvalue weighted by Gasteiger charge is -2.12. The van der Waals surface area contributed by atoms with Crippen LogP contribution >= 0.6 is 11.3 Å². The number of rotatable bonds is 3. The Hall–Kier alpha value is -4.87. The molecular formula is C33H20N4S. The Morgan fingerprint density at radius 3 is 1.87 bits per heavy atom. The van der Waals surface area contributed by atoms with Crippen molar-refractivity contribution in [3.8, 4) is 28.5 Å². The third kappa shape index (κ3) is 3.19. The van der Waals surface area contributed by atoms with Crippen molar-refractivity contribution in [1.29, 1.82) is 0 Å². The maximum Gasteiger partial charge on any atom is 0.235 e. The molecule has 38 heavy (non-hydrogen) atoms. The highest BCUT2D eigenvalue weighted by atomic mass is 32.1. The zero-order valence-corrected chi connectivity index (χ0v) is 21.1. The van der Waals surface area contributed by atoms with Crippen LogP contribution in [0.1, 0.15) is 0 Å². The summed E-state index contributed by atoms with van der Waals surface area (Å²) in [6.07, 6.45) is 2.00. The molecule has 0 aliphatic rings. The van der Waals surface area contributed by atoms with E-state index < -0.39 is 0 Å². The first-order valence-electron chi connectivity index (χ1n) is 12.5. The van der Waals surface area contributed by atoms with E-state index >= 15 is 0 Å². The summed E-state index contributed by atoms with van der Waals surface area (Å²) in [5.74, 6) is 0.658. The van der Waals surface area contributed by atoms with Crippen LogP contribution in [0.3, 0.4) is 0 Å². The molecule has 8 rings (SSSR count). The molecule has 0 radical (unpaired) electrons. The van der Waals surface area contributed by atoms with Gasteiger partial charge in [0.15, 0.2) is 0 Å². The van der Waals surface area contributed by atoms with Crippen LogP contribution in [-0.2, 0) is 0 Å². The van der Waals surface area contributed by atoms with E-state index in [1.54, 1.807) is 11.3 Å². The quantitative estimate of drug-likeness (QED) is 0.242. The van der Waals surface area contributed by atoms with Crippen LogP contribution in [-0.4, -0.2) is 19.5 Å². The molecule has 4 heterocycles. The standard InChI is InChI=1S/C33H20N4S/c1-3-11-21(12-4-1)27-19-28(22-13-5-2-6-14-22)36-33(35-27)37-30-23-15-7-9-17-26(23)34-20-25(30)32-31(37)24-16-8-10-18-29(24)38-32/h1-20H. The summed E-state index contributed by atoms with van der Waals surface area (Å²) in [4.78, 5) is 15.2. The number of hydrogen-bond donors (Lipinski definition) is 0. The highest BCUT2D eigenvalue weighted by molar-refractivity contribution is 7.26. The molecule has 0 aliphatic carbocycles. The number of fused-ring (bicyclic) bond motifs is 7. The van der Waals surface area contributed by atoms with Gasteiger partial charge in [0.2, 0.25) is 5.95 Å². The van der Waals surface area contributed by atoms with Gasteiger partial charge in [0.25, 0.3) is 0 Å². The minimum absolute atomic E-state index is 0.658. The van der Waals surface area contributed by atoms with Crippen LogP contribution in [0.5, 0.6) is 0 Å². The van der Waals surface area contributed by atoms with E-state index in [1.165, 1.54) is 14.8 Å². The van der Waals surface area contributed by atoms with E-state index in [0.29, 0.717) is 5.95 Å². The van der Waals surface area contributed by atoms with Crippen molar-refractivity contribution in [2.24, 2.45) is 0 Å².